The average molecular weight is 278 g/mol. The highest BCUT2D eigenvalue weighted by Gasteiger charge is 2.12. The number of rotatable bonds is 3. The van der Waals surface area contributed by atoms with Crippen LogP contribution >= 0.6 is 0 Å². The zero-order chi connectivity index (χ0) is 15.7. The second-order valence-corrected chi connectivity index (χ2v) is 4.60. The monoisotopic (exact) mass is 278 g/mol. The molecule has 2 aromatic heterocycles. The summed E-state index contributed by atoms with van der Waals surface area (Å²) in [6.07, 6.45) is 3.91. The highest BCUT2D eigenvalue weighted by molar-refractivity contribution is 5.79. The predicted octanol–water partition coefficient (Wildman–Crippen LogP) is 3.91. The second-order valence-electron chi connectivity index (χ2n) is 4.60. The number of likely N-dealkylation sites (N-methyl/N-ethyl adjacent to an activating group) is 1. The lowest BCUT2D eigenvalue weighted by Gasteiger charge is -2.18. The quantitative estimate of drug-likeness (QED) is 0.853. The molecule has 0 spiro atoms. The summed E-state index contributed by atoms with van der Waals surface area (Å²) in [5.41, 5.74) is 2.24. The molecule has 0 aromatic carbocycles. The van der Waals surface area contributed by atoms with E-state index < -0.39 is 0 Å². The van der Waals surface area contributed by atoms with Crippen molar-refractivity contribution < 1.29 is 0 Å². The third-order valence-electron chi connectivity index (χ3n) is 2.81. The van der Waals surface area contributed by atoms with Crippen molar-refractivity contribution in [3.05, 3.63) is 24.0 Å². The van der Waals surface area contributed by atoms with Crippen molar-refractivity contribution in [2.45, 2.75) is 47.6 Å². The molecule has 2 rings (SSSR count). The summed E-state index contributed by atoms with van der Waals surface area (Å²) in [5.74, 6) is 0. The molecule has 0 fully saturated rings. The Morgan fingerprint density at radius 1 is 1.20 bits per heavy atom. The minimum Gasteiger partial charge on any atom is -0.327 e. The van der Waals surface area contributed by atoms with Gasteiger partial charge in [-0.2, -0.15) is 5.10 Å². The number of nitrogens with zero attached hydrogens (tertiary/aromatic N) is 4. The molecule has 1 atom stereocenters. The van der Waals surface area contributed by atoms with Gasteiger partial charge < -0.3 is 9.47 Å². The van der Waals surface area contributed by atoms with Gasteiger partial charge in [-0.1, -0.05) is 27.7 Å². The summed E-state index contributed by atoms with van der Waals surface area (Å²) in [4.78, 5) is 2.18. The van der Waals surface area contributed by atoms with Gasteiger partial charge in [0.05, 0.1) is 6.20 Å². The van der Waals surface area contributed by atoms with Gasteiger partial charge in [0.15, 0.2) is 5.65 Å². The fourth-order valence-electron chi connectivity index (χ4n) is 2.11. The summed E-state index contributed by atoms with van der Waals surface area (Å²) in [5, 5.41) is 9.38. The largest absolute Gasteiger partial charge is 0.327 e. The van der Waals surface area contributed by atoms with Crippen molar-refractivity contribution in [1.29, 1.82) is 0 Å². The molecule has 0 saturated heterocycles. The van der Waals surface area contributed by atoms with Crippen LogP contribution in [0.5, 0.6) is 0 Å². The van der Waals surface area contributed by atoms with Crippen molar-refractivity contribution in [1.82, 2.24) is 19.7 Å². The molecule has 2 aromatic rings. The molecule has 0 radical (unpaired) electrons. The van der Waals surface area contributed by atoms with E-state index in [1.54, 1.807) is 6.20 Å². The fourth-order valence-corrected chi connectivity index (χ4v) is 2.11. The van der Waals surface area contributed by atoms with Gasteiger partial charge in [-0.15, -0.1) is 5.10 Å². The van der Waals surface area contributed by atoms with Gasteiger partial charge in [-0.05, 0) is 39.6 Å². The highest BCUT2D eigenvalue weighted by Crippen LogP contribution is 2.21. The summed E-state index contributed by atoms with van der Waals surface area (Å²) < 4.78 is 2.21. The second kappa shape index (κ2) is 9.48. The van der Waals surface area contributed by atoms with Crippen molar-refractivity contribution in [2.75, 3.05) is 20.6 Å². The lowest BCUT2D eigenvalue weighted by atomic mass is 10.3. The topological polar surface area (TPSA) is 34.0 Å². The molecule has 0 aliphatic heterocycles. The highest BCUT2D eigenvalue weighted by atomic mass is 15.2. The standard InChI is InChI=1S/C12H18N4.2C2H6/c1-9-7-16(10(2)8-15(3)4)12-11(9)5-6-13-14-12;2*1-2/h5-7,10H,8H2,1-4H3;2*1-2H3. The van der Waals surface area contributed by atoms with E-state index in [1.807, 2.05) is 33.8 Å². The molecule has 1 unspecified atom stereocenters. The Balaban J connectivity index is 0.000000829. The molecular weight excluding hydrogens is 248 g/mol. The Bertz CT molecular complexity index is 488. The number of aryl methyl sites for hydroxylation is 1. The van der Waals surface area contributed by atoms with Gasteiger partial charge >= 0.3 is 0 Å². The average Bonchev–Trinajstić information content (AvgIpc) is 2.81. The number of fused-ring (bicyclic) bond motifs is 1. The number of aromatic nitrogens is 3. The molecule has 0 aliphatic rings. The predicted molar refractivity (Wildman–Crippen MR) is 88.2 cm³/mol. The van der Waals surface area contributed by atoms with Gasteiger partial charge in [0.1, 0.15) is 0 Å². The van der Waals surface area contributed by atoms with Crippen LogP contribution in [0.2, 0.25) is 0 Å². The number of hydrogen-bond acceptors (Lipinski definition) is 3. The molecule has 2 heterocycles. The molecule has 0 bridgehead atoms. The SMILES string of the molecule is CC.CC.Cc1cn(C(C)CN(C)C)c2nnccc12. The minimum atomic E-state index is 0.405. The maximum atomic E-state index is 4.22. The Morgan fingerprint density at radius 3 is 2.35 bits per heavy atom. The van der Waals surface area contributed by atoms with Gasteiger partial charge in [0, 0.05) is 24.2 Å². The van der Waals surface area contributed by atoms with E-state index in [0.717, 1.165) is 12.2 Å². The molecule has 0 aliphatic carbocycles. The van der Waals surface area contributed by atoms with Crippen LogP contribution in [0.3, 0.4) is 0 Å². The third-order valence-corrected chi connectivity index (χ3v) is 2.81. The van der Waals surface area contributed by atoms with Gasteiger partial charge in [-0.3, -0.25) is 0 Å². The third kappa shape index (κ3) is 4.60. The fraction of sp³-hybridized carbons (Fsp3) is 0.625. The Labute approximate surface area is 123 Å². The van der Waals surface area contributed by atoms with Crippen molar-refractivity contribution in [3.63, 3.8) is 0 Å². The van der Waals surface area contributed by atoms with E-state index in [2.05, 4.69) is 53.8 Å². The molecular formula is C16H30N4. The first-order valence-electron chi connectivity index (χ1n) is 7.53. The van der Waals surface area contributed by atoms with E-state index >= 15 is 0 Å². The molecule has 20 heavy (non-hydrogen) atoms. The van der Waals surface area contributed by atoms with E-state index in [1.165, 1.54) is 10.9 Å². The van der Waals surface area contributed by atoms with Crippen LogP contribution in [0.15, 0.2) is 18.5 Å². The number of hydrogen-bond donors (Lipinski definition) is 0. The summed E-state index contributed by atoms with van der Waals surface area (Å²) in [6.45, 7) is 13.3. The van der Waals surface area contributed by atoms with Crippen LogP contribution in [0, 0.1) is 6.92 Å². The zero-order valence-corrected chi connectivity index (χ0v) is 14.3. The summed E-state index contributed by atoms with van der Waals surface area (Å²) in [6, 6.07) is 2.43. The Kier molecular flexibility index (Phi) is 8.81. The van der Waals surface area contributed by atoms with Crippen molar-refractivity contribution in [2.24, 2.45) is 0 Å². The van der Waals surface area contributed by atoms with Gasteiger partial charge in [-0.25, -0.2) is 0 Å². The zero-order valence-electron chi connectivity index (χ0n) is 14.3. The lowest BCUT2D eigenvalue weighted by molar-refractivity contribution is 0.340. The summed E-state index contributed by atoms with van der Waals surface area (Å²) in [7, 11) is 4.17. The van der Waals surface area contributed by atoms with E-state index in [0.29, 0.717) is 6.04 Å². The van der Waals surface area contributed by atoms with Gasteiger partial charge in [0.25, 0.3) is 0 Å². The molecule has 114 valence electrons. The van der Waals surface area contributed by atoms with Crippen molar-refractivity contribution in [3.8, 4) is 0 Å². The normalized spacial score (nSPS) is 11.4. The Hall–Kier alpha value is -1.42. The molecule has 0 amide bonds. The van der Waals surface area contributed by atoms with Crippen LogP contribution in [0.4, 0.5) is 0 Å². The lowest BCUT2D eigenvalue weighted by Crippen LogP contribution is -2.22. The first-order chi connectivity index (χ1) is 9.59. The first kappa shape index (κ1) is 18.6. The van der Waals surface area contributed by atoms with Gasteiger partial charge in [0.2, 0.25) is 0 Å². The van der Waals surface area contributed by atoms with E-state index in [4.69, 9.17) is 0 Å². The van der Waals surface area contributed by atoms with Crippen LogP contribution in [0.1, 0.15) is 46.2 Å². The first-order valence-corrected chi connectivity index (χ1v) is 7.53. The maximum Gasteiger partial charge on any atom is 0.163 e. The molecule has 4 nitrogen and oxygen atoms in total. The minimum absolute atomic E-state index is 0.405. The molecule has 4 heteroatoms. The van der Waals surface area contributed by atoms with Crippen LogP contribution in [0.25, 0.3) is 11.0 Å². The van der Waals surface area contributed by atoms with Crippen LogP contribution < -0.4 is 0 Å². The smallest absolute Gasteiger partial charge is 0.163 e. The van der Waals surface area contributed by atoms with Crippen molar-refractivity contribution >= 4 is 11.0 Å². The van der Waals surface area contributed by atoms with Crippen LogP contribution in [-0.2, 0) is 0 Å². The Morgan fingerprint density at radius 2 is 1.80 bits per heavy atom. The van der Waals surface area contributed by atoms with Crippen LogP contribution in [-0.4, -0.2) is 40.3 Å². The van der Waals surface area contributed by atoms with E-state index in [9.17, 15) is 0 Å². The maximum absolute atomic E-state index is 4.22. The van der Waals surface area contributed by atoms with E-state index in [-0.39, 0.29) is 0 Å². The summed E-state index contributed by atoms with van der Waals surface area (Å²) >= 11 is 0. The molecule has 0 N–H and O–H groups in total. The molecule has 0 saturated carbocycles.